The van der Waals surface area contributed by atoms with Crippen molar-refractivity contribution in [2.75, 3.05) is 7.11 Å². The number of hydrogen-bond donors (Lipinski definition) is 1. The van der Waals surface area contributed by atoms with Crippen LogP contribution in [-0.2, 0) is 0 Å². The zero-order valence-corrected chi connectivity index (χ0v) is 10.4. The predicted octanol–water partition coefficient (Wildman–Crippen LogP) is 2.55. The van der Waals surface area contributed by atoms with Gasteiger partial charge in [0.05, 0.1) is 13.2 Å². The molecule has 0 heterocycles. The van der Waals surface area contributed by atoms with Crippen LogP contribution in [0.25, 0.3) is 0 Å². The number of ether oxygens (including phenoxy) is 1. The Morgan fingerprint density at radius 1 is 1.35 bits per heavy atom. The first-order chi connectivity index (χ1) is 8.22. The minimum atomic E-state index is 0.178. The van der Waals surface area contributed by atoms with Crippen LogP contribution in [0.5, 0.6) is 5.75 Å². The van der Waals surface area contributed by atoms with Gasteiger partial charge in [-0.05, 0) is 43.4 Å². The van der Waals surface area contributed by atoms with E-state index in [2.05, 4.69) is 23.4 Å². The zero-order valence-electron chi connectivity index (χ0n) is 10.4. The molecule has 0 bridgehead atoms. The fraction of sp³-hybridized carbons (Fsp3) is 0.467. The smallest absolute Gasteiger partial charge is 0.118 e. The van der Waals surface area contributed by atoms with Gasteiger partial charge < -0.3 is 10.1 Å². The molecule has 1 saturated carbocycles. The minimum absolute atomic E-state index is 0.178. The van der Waals surface area contributed by atoms with Crippen LogP contribution in [0.15, 0.2) is 24.3 Å². The molecule has 0 saturated heterocycles. The Labute approximate surface area is 103 Å². The third-order valence-electron chi connectivity index (χ3n) is 3.46. The molecule has 1 fully saturated rings. The zero-order chi connectivity index (χ0) is 12.3. The lowest BCUT2D eigenvalue weighted by atomic mass is 9.75. The van der Waals surface area contributed by atoms with Crippen molar-refractivity contribution in [1.82, 2.24) is 5.32 Å². The molecule has 2 nitrogen and oxygen atoms in total. The molecule has 1 atom stereocenters. The van der Waals surface area contributed by atoms with Crippen LogP contribution in [0.4, 0.5) is 0 Å². The van der Waals surface area contributed by atoms with E-state index in [4.69, 9.17) is 11.2 Å². The first kappa shape index (κ1) is 12.0. The van der Waals surface area contributed by atoms with Gasteiger partial charge >= 0.3 is 0 Å². The summed E-state index contributed by atoms with van der Waals surface area (Å²) in [6.45, 7) is 2.03. The number of terminal acetylenes is 1. The van der Waals surface area contributed by atoms with Crippen molar-refractivity contribution in [3.8, 4) is 18.1 Å². The van der Waals surface area contributed by atoms with Crippen LogP contribution in [0.2, 0.25) is 0 Å². The second-order valence-corrected chi connectivity index (χ2v) is 4.69. The van der Waals surface area contributed by atoms with Gasteiger partial charge in [-0.3, -0.25) is 0 Å². The summed E-state index contributed by atoms with van der Waals surface area (Å²) in [5.41, 5.74) is 1.40. The molecule has 2 rings (SSSR count). The van der Waals surface area contributed by atoms with Crippen LogP contribution in [0, 0.1) is 12.3 Å². The van der Waals surface area contributed by atoms with Crippen molar-refractivity contribution in [3.63, 3.8) is 0 Å². The Bertz CT molecular complexity index is 398. The van der Waals surface area contributed by atoms with Gasteiger partial charge in [-0.2, -0.15) is 0 Å². The second-order valence-electron chi connectivity index (χ2n) is 4.69. The Kier molecular flexibility index (Phi) is 3.71. The highest BCUT2D eigenvalue weighted by Gasteiger charge is 2.30. The molecule has 0 aromatic heterocycles. The van der Waals surface area contributed by atoms with E-state index in [0.29, 0.717) is 12.0 Å². The Balaban J connectivity index is 1.84. The molecule has 2 heteroatoms. The van der Waals surface area contributed by atoms with Gasteiger partial charge in [0.15, 0.2) is 0 Å². The lowest BCUT2D eigenvalue weighted by molar-refractivity contribution is 0.284. The largest absolute Gasteiger partial charge is 0.497 e. The van der Waals surface area contributed by atoms with E-state index in [1.54, 1.807) is 7.11 Å². The van der Waals surface area contributed by atoms with E-state index in [-0.39, 0.29) is 6.04 Å². The summed E-state index contributed by atoms with van der Waals surface area (Å²) in [6.07, 6.45) is 7.71. The number of hydrogen-bond acceptors (Lipinski definition) is 2. The topological polar surface area (TPSA) is 21.3 Å². The molecular weight excluding hydrogens is 210 g/mol. The van der Waals surface area contributed by atoms with Gasteiger partial charge in [-0.1, -0.05) is 18.1 Å². The summed E-state index contributed by atoms with van der Waals surface area (Å²) in [5.74, 6) is 4.30. The van der Waals surface area contributed by atoms with Crippen LogP contribution in [0.1, 0.15) is 31.2 Å². The van der Waals surface area contributed by atoms with Crippen LogP contribution < -0.4 is 10.1 Å². The first-order valence-corrected chi connectivity index (χ1v) is 6.09. The van der Waals surface area contributed by atoms with Crippen molar-refractivity contribution in [2.45, 2.75) is 37.8 Å². The van der Waals surface area contributed by atoms with Gasteiger partial charge in [0.2, 0.25) is 0 Å². The molecule has 17 heavy (non-hydrogen) atoms. The van der Waals surface area contributed by atoms with Crippen LogP contribution >= 0.6 is 0 Å². The van der Waals surface area contributed by atoms with Crippen molar-refractivity contribution in [2.24, 2.45) is 0 Å². The molecule has 0 spiro atoms. The van der Waals surface area contributed by atoms with Crippen molar-refractivity contribution in [1.29, 1.82) is 0 Å². The highest BCUT2D eigenvalue weighted by Crippen LogP contribution is 2.37. The molecule has 0 aliphatic heterocycles. The van der Waals surface area contributed by atoms with Gasteiger partial charge in [-0.15, -0.1) is 6.42 Å². The third kappa shape index (κ3) is 2.81. The van der Waals surface area contributed by atoms with Gasteiger partial charge in [0.25, 0.3) is 0 Å². The van der Waals surface area contributed by atoms with Gasteiger partial charge in [-0.25, -0.2) is 0 Å². The van der Waals surface area contributed by atoms with Gasteiger partial charge in [0.1, 0.15) is 5.75 Å². The fourth-order valence-electron chi connectivity index (χ4n) is 2.30. The number of methoxy groups -OCH3 is 1. The first-order valence-electron chi connectivity index (χ1n) is 6.09. The summed E-state index contributed by atoms with van der Waals surface area (Å²) in [5, 5.41) is 3.43. The molecule has 1 aromatic rings. The number of benzene rings is 1. The summed E-state index contributed by atoms with van der Waals surface area (Å²) in [6, 6.07) is 9.12. The van der Waals surface area contributed by atoms with E-state index in [1.165, 1.54) is 18.4 Å². The lowest BCUT2D eigenvalue weighted by Crippen LogP contribution is -2.43. The second kappa shape index (κ2) is 5.25. The molecule has 90 valence electrons. The monoisotopic (exact) mass is 229 g/mol. The van der Waals surface area contributed by atoms with E-state index in [9.17, 15) is 0 Å². The molecule has 1 aromatic carbocycles. The molecule has 0 amide bonds. The van der Waals surface area contributed by atoms with E-state index in [0.717, 1.165) is 5.75 Å². The van der Waals surface area contributed by atoms with Crippen molar-refractivity contribution < 1.29 is 4.74 Å². The molecule has 1 unspecified atom stereocenters. The Morgan fingerprint density at radius 2 is 2.00 bits per heavy atom. The molecule has 1 aliphatic carbocycles. The third-order valence-corrected chi connectivity index (χ3v) is 3.46. The average molecular weight is 229 g/mol. The molecule has 0 radical (unpaired) electrons. The summed E-state index contributed by atoms with van der Waals surface area (Å²) in [4.78, 5) is 0. The number of rotatable bonds is 4. The Morgan fingerprint density at radius 3 is 2.53 bits per heavy atom. The predicted molar refractivity (Wildman–Crippen MR) is 70.2 cm³/mol. The fourth-order valence-corrected chi connectivity index (χ4v) is 2.30. The lowest BCUT2D eigenvalue weighted by Gasteiger charge is -2.37. The maximum Gasteiger partial charge on any atom is 0.118 e. The standard InChI is InChI=1S/C15H19NO/c1-4-11(2)16-14-9-13(10-14)12-5-7-15(17-3)8-6-12/h1,5-8,11,13-14,16H,9-10H2,2-3H3. The highest BCUT2D eigenvalue weighted by atomic mass is 16.5. The molecule has 1 N–H and O–H groups in total. The quantitative estimate of drug-likeness (QED) is 0.801. The number of nitrogens with one attached hydrogen (secondary N) is 1. The van der Waals surface area contributed by atoms with Crippen molar-refractivity contribution in [3.05, 3.63) is 29.8 Å². The summed E-state index contributed by atoms with van der Waals surface area (Å²) < 4.78 is 5.15. The van der Waals surface area contributed by atoms with Gasteiger partial charge in [0, 0.05) is 6.04 Å². The Hall–Kier alpha value is -1.46. The average Bonchev–Trinajstić information content (AvgIpc) is 2.33. The molecular formula is C15H19NO. The summed E-state index contributed by atoms with van der Waals surface area (Å²) in [7, 11) is 1.69. The normalized spacial score (nSPS) is 24.5. The highest BCUT2D eigenvalue weighted by molar-refractivity contribution is 5.31. The van der Waals surface area contributed by atoms with Crippen molar-refractivity contribution >= 4 is 0 Å². The van der Waals surface area contributed by atoms with E-state index < -0.39 is 0 Å². The minimum Gasteiger partial charge on any atom is -0.497 e. The van der Waals surface area contributed by atoms with Crippen LogP contribution in [0.3, 0.4) is 0 Å². The maximum absolute atomic E-state index is 5.35. The van der Waals surface area contributed by atoms with E-state index in [1.807, 2.05) is 19.1 Å². The van der Waals surface area contributed by atoms with E-state index >= 15 is 0 Å². The SMILES string of the molecule is C#CC(C)NC1CC(c2ccc(OC)cc2)C1. The van der Waals surface area contributed by atoms with Crippen LogP contribution in [-0.4, -0.2) is 19.2 Å². The maximum atomic E-state index is 5.35. The summed E-state index contributed by atoms with van der Waals surface area (Å²) >= 11 is 0. The molecule has 1 aliphatic rings.